The fraction of sp³-hybridized carbons (Fsp3) is 0.400. The summed E-state index contributed by atoms with van der Waals surface area (Å²) in [5.41, 5.74) is 0.446. The third-order valence-corrected chi connectivity index (χ3v) is 4.47. The molecule has 2 rings (SSSR count). The Labute approximate surface area is 171 Å². The molecule has 0 saturated heterocycles. The molecule has 5 nitrogen and oxygen atoms in total. The van der Waals surface area contributed by atoms with Gasteiger partial charge in [0.1, 0.15) is 0 Å². The van der Waals surface area contributed by atoms with Gasteiger partial charge in [0.15, 0.2) is 0 Å². The highest BCUT2D eigenvalue weighted by molar-refractivity contribution is 6.31. The van der Waals surface area contributed by atoms with Crippen LogP contribution in [0.4, 0.5) is 13.2 Å². The number of unbranched alkanes of at least 4 members (excludes halogenated alkanes) is 1. The second kappa shape index (κ2) is 10.3. The van der Waals surface area contributed by atoms with Gasteiger partial charge in [0.2, 0.25) is 5.88 Å². The Morgan fingerprint density at radius 2 is 2.10 bits per heavy atom. The minimum atomic E-state index is -4.46. The van der Waals surface area contributed by atoms with Crippen LogP contribution in [0.25, 0.3) is 0 Å². The Hall–Kier alpha value is -2.48. The van der Waals surface area contributed by atoms with Crippen molar-refractivity contribution < 1.29 is 27.8 Å². The van der Waals surface area contributed by atoms with Gasteiger partial charge in [-0.15, -0.1) is 5.10 Å². The first-order chi connectivity index (χ1) is 13.7. The molecule has 0 unspecified atom stereocenters. The van der Waals surface area contributed by atoms with Crippen molar-refractivity contribution in [3.05, 3.63) is 58.3 Å². The van der Waals surface area contributed by atoms with Gasteiger partial charge in [-0.05, 0) is 37.0 Å². The second-order valence-electron chi connectivity index (χ2n) is 6.42. The highest BCUT2D eigenvalue weighted by Gasteiger charge is 2.30. The van der Waals surface area contributed by atoms with Crippen molar-refractivity contribution in [1.82, 2.24) is 9.78 Å². The summed E-state index contributed by atoms with van der Waals surface area (Å²) < 4.78 is 45.7. The van der Waals surface area contributed by atoms with E-state index in [2.05, 4.69) is 5.10 Å². The van der Waals surface area contributed by atoms with Gasteiger partial charge in [-0.1, -0.05) is 37.1 Å². The maximum absolute atomic E-state index is 12.8. The standard InChI is InChI=1S/C20H22ClF3N2O3/c1-2-3-10-29-18-12-16(6-4-5-7-19(27)28)26(25-18)13-14-8-9-15(11-17(14)21)20(22,23)24/h5,7-9,11-12H,2-4,6,10,13H2,1H3,(H,27,28)/b7-5+. The third-order valence-electron chi connectivity index (χ3n) is 4.12. The molecule has 2 aromatic rings. The third kappa shape index (κ3) is 7.12. The van der Waals surface area contributed by atoms with E-state index < -0.39 is 17.7 Å². The molecule has 0 radical (unpaired) electrons. The van der Waals surface area contributed by atoms with E-state index in [0.29, 0.717) is 30.9 Å². The molecule has 0 aliphatic heterocycles. The topological polar surface area (TPSA) is 64.3 Å². The van der Waals surface area contributed by atoms with Gasteiger partial charge in [-0.25, -0.2) is 4.79 Å². The second-order valence-corrected chi connectivity index (χ2v) is 6.82. The quantitative estimate of drug-likeness (QED) is 0.407. The molecule has 0 aliphatic carbocycles. The molecule has 0 aliphatic rings. The van der Waals surface area contributed by atoms with E-state index in [-0.39, 0.29) is 11.6 Å². The van der Waals surface area contributed by atoms with Crippen LogP contribution in [0, 0.1) is 0 Å². The maximum Gasteiger partial charge on any atom is 0.416 e. The van der Waals surface area contributed by atoms with E-state index in [1.165, 1.54) is 12.1 Å². The van der Waals surface area contributed by atoms with Gasteiger partial charge in [-0.2, -0.15) is 13.2 Å². The van der Waals surface area contributed by atoms with Gasteiger partial charge in [-0.3, -0.25) is 4.68 Å². The number of aliphatic carboxylic acids is 1. The lowest BCUT2D eigenvalue weighted by Gasteiger charge is -2.11. The minimum absolute atomic E-state index is 0.000462. The minimum Gasteiger partial charge on any atom is -0.478 e. The normalized spacial score (nSPS) is 11.9. The van der Waals surface area contributed by atoms with Crippen molar-refractivity contribution in [2.24, 2.45) is 0 Å². The van der Waals surface area contributed by atoms with Crippen LogP contribution in [0.2, 0.25) is 5.02 Å². The van der Waals surface area contributed by atoms with Crippen LogP contribution in [-0.2, 0) is 23.9 Å². The summed E-state index contributed by atoms with van der Waals surface area (Å²) in [6, 6.07) is 4.97. The molecule has 1 N–H and O–H groups in total. The van der Waals surface area contributed by atoms with Crippen LogP contribution in [0.3, 0.4) is 0 Å². The van der Waals surface area contributed by atoms with Gasteiger partial charge in [0.05, 0.1) is 18.7 Å². The molecule has 0 spiro atoms. The maximum atomic E-state index is 12.8. The SMILES string of the molecule is CCCCOc1cc(CC/C=C/C(=O)O)n(Cc2ccc(C(F)(F)F)cc2Cl)n1. The molecule has 1 aromatic heterocycles. The molecule has 0 saturated carbocycles. The van der Waals surface area contributed by atoms with Crippen LogP contribution in [0.15, 0.2) is 36.4 Å². The molecular formula is C20H22ClF3N2O3. The van der Waals surface area contributed by atoms with Gasteiger partial charge in [0, 0.05) is 22.9 Å². The van der Waals surface area contributed by atoms with Crippen molar-refractivity contribution >= 4 is 17.6 Å². The molecule has 1 aromatic carbocycles. The fourth-order valence-corrected chi connectivity index (χ4v) is 2.83. The number of nitrogens with zero attached hydrogens (tertiary/aromatic N) is 2. The number of ether oxygens (including phenoxy) is 1. The highest BCUT2D eigenvalue weighted by atomic mass is 35.5. The average Bonchev–Trinajstić information content (AvgIpc) is 3.01. The molecular weight excluding hydrogens is 409 g/mol. The van der Waals surface area contributed by atoms with Crippen LogP contribution >= 0.6 is 11.6 Å². The number of benzene rings is 1. The number of carboxylic acid groups (broad SMARTS) is 1. The molecule has 158 valence electrons. The van der Waals surface area contributed by atoms with E-state index >= 15 is 0 Å². The first-order valence-corrected chi connectivity index (χ1v) is 9.53. The van der Waals surface area contributed by atoms with Crippen LogP contribution in [-0.4, -0.2) is 27.5 Å². The van der Waals surface area contributed by atoms with E-state index in [1.54, 1.807) is 10.7 Å². The Balaban J connectivity index is 2.21. The smallest absolute Gasteiger partial charge is 0.416 e. The highest BCUT2D eigenvalue weighted by Crippen LogP contribution is 2.32. The summed E-state index contributed by atoms with van der Waals surface area (Å²) in [4.78, 5) is 10.6. The number of carboxylic acids is 1. The summed E-state index contributed by atoms with van der Waals surface area (Å²) in [6.45, 7) is 2.72. The molecule has 29 heavy (non-hydrogen) atoms. The van der Waals surface area contributed by atoms with E-state index in [0.717, 1.165) is 36.7 Å². The number of rotatable bonds is 10. The number of halogens is 4. The largest absolute Gasteiger partial charge is 0.478 e. The van der Waals surface area contributed by atoms with Crippen molar-refractivity contribution in [2.45, 2.75) is 45.3 Å². The first-order valence-electron chi connectivity index (χ1n) is 9.15. The number of carbonyl (C=O) groups is 1. The van der Waals surface area contributed by atoms with Crippen LogP contribution in [0.1, 0.15) is 43.0 Å². The average molecular weight is 431 g/mol. The predicted molar refractivity (Wildman–Crippen MR) is 103 cm³/mol. The molecule has 0 amide bonds. The molecule has 0 atom stereocenters. The Kier molecular flexibility index (Phi) is 8.13. The van der Waals surface area contributed by atoms with Gasteiger partial charge in [0.25, 0.3) is 0 Å². The number of aromatic nitrogens is 2. The zero-order chi connectivity index (χ0) is 21.4. The van der Waals surface area contributed by atoms with Crippen molar-refractivity contribution in [3.63, 3.8) is 0 Å². The Bertz CT molecular complexity index is 863. The number of aryl methyl sites for hydroxylation is 1. The predicted octanol–water partition coefficient (Wildman–Crippen LogP) is 5.36. The zero-order valence-electron chi connectivity index (χ0n) is 15.9. The lowest BCUT2D eigenvalue weighted by Crippen LogP contribution is -2.09. The lowest BCUT2D eigenvalue weighted by molar-refractivity contribution is -0.137. The summed E-state index contributed by atoms with van der Waals surface area (Å²) in [7, 11) is 0. The summed E-state index contributed by atoms with van der Waals surface area (Å²) in [5, 5.41) is 13.1. The van der Waals surface area contributed by atoms with Crippen molar-refractivity contribution in [1.29, 1.82) is 0 Å². The van der Waals surface area contributed by atoms with Crippen LogP contribution < -0.4 is 4.74 Å². The van der Waals surface area contributed by atoms with E-state index in [4.69, 9.17) is 21.4 Å². The number of hydrogen-bond donors (Lipinski definition) is 1. The number of alkyl halides is 3. The Morgan fingerprint density at radius 1 is 1.34 bits per heavy atom. The van der Waals surface area contributed by atoms with Gasteiger partial charge < -0.3 is 9.84 Å². The molecule has 0 bridgehead atoms. The summed E-state index contributed by atoms with van der Waals surface area (Å²) in [6.07, 6.45) is 0.923. The van der Waals surface area contributed by atoms with Crippen LogP contribution in [0.5, 0.6) is 5.88 Å². The van der Waals surface area contributed by atoms with E-state index in [9.17, 15) is 18.0 Å². The monoisotopic (exact) mass is 430 g/mol. The molecule has 1 heterocycles. The van der Waals surface area contributed by atoms with E-state index in [1.807, 2.05) is 6.92 Å². The summed E-state index contributed by atoms with van der Waals surface area (Å²) >= 11 is 6.06. The van der Waals surface area contributed by atoms with Gasteiger partial charge >= 0.3 is 12.1 Å². The molecule has 0 fully saturated rings. The first kappa shape index (κ1) is 22.8. The fourth-order valence-electron chi connectivity index (χ4n) is 2.59. The molecule has 9 heteroatoms. The zero-order valence-corrected chi connectivity index (χ0v) is 16.6. The van der Waals surface area contributed by atoms with Crippen molar-refractivity contribution in [2.75, 3.05) is 6.61 Å². The van der Waals surface area contributed by atoms with Crippen molar-refractivity contribution in [3.8, 4) is 5.88 Å². The summed E-state index contributed by atoms with van der Waals surface area (Å²) in [5.74, 6) is -0.614. The number of hydrogen-bond acceptors (Lipinski definition) is 3. The number of allylic oxidation sites excluding steroid dienone is 1. The Morgan fingerprint density at radius 3 is 2.72 bits per heavy atom. The lowest BCUT2D eigenvalue weighted by atomic mass is 10.1.